The molecule has 0 fully saturated rings. The van der Waals surface area contributed by atoms with Gasteiger partial charge in [0.25, 0.3) is 0 Å². The molecule has 8 nitrogen and oxygen atoms in total. The molecule has 0 spiro atoms. The molecule has 0 radical (unpaired) electrons. The van der Waals surface area contributed by atoms with Gasteiger partial charge < -0.3 is 20.1 Å². The van der Waals surface area contributed by atoms with Crippen molar-refractivity contribution in [3.8, 4) is 11.5 Å². The van der Waals surface area contributed by atoms with Crippen LogP contribution in [-0.2, 0) is 0 Å². The van der Waals surface area contributed by atoms with Gasteiger partial charge in [0, 0.05) is 18.0 Å². The smallest absolute Gasteiger partial charge is 0.323 e. The Morgan fingerprint density at radius 3 is 2.88 bits per heavy atom. The van der Waals surface area contributed by atoms with Gasteiger partial charge in [0.05, 0.1) is 5.69 Å². The third-order valence-corrected chi connectivity index (χ3v) is 3.52. The fraction of sp³-hybridized carbons (Fsp3) is 0.188. The number of pyridine rings is 1. The van der Waals surface area contributed by atoms with E-state index in [1.54, 1.807) is 48.0 Å². The molecule has 3 heterocycles. The largest absolute Gasteiger partial charge is 0.486 e. The first kappa shape index (κ1) is 14.3. The summed E-state index contributed by atoms with van der Waals surface area (Å²) in [4.78, 5) is 16.6. The number of nitrogens with one attached hydrogen (secondary N) is 2. The zero-order valence-electron chi connectivity index (χ0n) is 12.9. The summed E-state index contributed by atoms with van der Waals surface area (Å²) < 4.78 is 12.6. The number of hydrogen-bond acceptors (Lipinski definition) is 5. The van der Waals surface area contributed by atoms with E-state index in [0.29, 0.717) is 47.6 Å². The lowest BCUT2D eigenvalue weighted by Crippen LogP contribution is -2.20. The number of amides is 2. The van der Waals surface area contributed by atoms with Crippen molar-refractivity contribution >= 4 is 23.1 Å². The maximum absolute atomic E-state index is 12.2. The lowest BCUT2D eigenvalue weighted by atomic mass is 10.2. The first-order chi connectivity index (χ1) is 11.7. The normalized spacial score (nSPS) is 12.9. The Morgan fingerprint density at radius 1 is 1.17 bits per heavy atom. The Morgan fingerprint density at radius 2 is 2.00 bits per heavy atom. The minimum Gasteiger partial charge on any atom is -0.486 e. The van der Waals surface area contributed by atoms with Gasteiger partial charge in [-0.15, -0.1) is 0 Å². The second-order valence-corrected chi connectivity index (χ2v) is 5.29. The van der Waals surface area contributed by atoms with Crippen LogP contribution in [0.4, 0.5) is 16.2 Å². The highest BCUT2D eigenvalue weighted by Gasteiger charge is 2.13. The van der Waals surface area contributed by atoms with Gasteiger partial charge in [-0.05, 0) is 31.2 Å². The highest BCUT2D eigenvalue weighted by Crippen LogP contribution is 2.32. The van der Waals surface area contributed by atoms with E-state index in [4.69, 9.17) is 9.47 Å². The Hall–Kier alpha value is -3.29. The second-order valence-electron chi connectivity index (χ2n) is 5.29. The number of carbonyl (C=O) groups excluding carboxylic acids is 1. The van der Waals surface area contributed by atoms with Crippen LogP contribution in [-0.4, -0.2) is 33.8 Å². The number of anilines is 2. The van der Waals surface area contributed by atoms with E-state index < -0.39 is 0 Å². The van der Waals surface area contributed by atoms with Gasteiger partial charge in [-0.2, -0.15) is 5.10 Å². The van der Waals surface area contributed by atoms with E-state index in [1.165, 1.54) is 0 Å². The first-order valence-electron chi connectivity index (χ1n) is 7.49. The SMILES string of the molecule is Cc1nc2c(NC(=O)Nc3ccc4c(c3)OCCO4)cccn2n1. The van der Waals surface area contributed by atoms with Crippen molar-refractivity contribution in [3.63, 3.8) is 0 Å². The number of fused-ring (bicyclic) bond motifs is 2. The molecular weight excluding hydrogens is 310 g/mol. The molecule has 1 aromatic carbocycles. The summed E-state index contributed by atoms with van der Waals surface area (Å²) in [5, 5.41) is 9.77. The molecule has 3 aromatic rings. The number of carbonyl (C=O) groups is 1. The van der Waals surface area contributed by atoms with Gasteiger partial charge in [0.2, 0.25) is 0 Å². The number of aryl methyl sites for hydroxylation is 1. The molecule has 8 heteroatoms. The van der Waals surface area contributed by atoms with Crippen molar-refractivity contribution in [3.05, 3.63) is 42.4 Å². The zero-order valence-corrected chi connectivity index (χ0v) is 12.9. The van der Waals surface area contributed by atoms with Gasteiger partial charge in [0.15, 0.2) is 17.1 Å². The first-order valence-corrected chi connectivity index (χ1v) is 7.49. The molecule has 4 rings (SSSR count). The Balaban J connectivity index is 1.52. The molecule has 2 aromatic heterocycles. The third-order valence-electron chi connectivity index (χ3n) is 3.52. The number of ether oxygens (including phenoxy) is 2. The van der Waals surface area contributed by atoms with Crippen LogP contribution >= 0.6 is 0 Å². The Kier molecular flexibility index (Phi) is 3.42. The van der Waals surface area contributed by atoms with E-state index in [-0.39, 0.29) is 6.03 Å². The third kappa shape index (κ3) is 2.69. The maximum atomic E-state index is 12.2. The molecule has 0 saturated carbocycles. The van der Waals surface area contributed by atoms with E-state index >= 15 is 0 Å². The van der Waals surface area contributed by atoms with Gasteiger partial charge >= 0.3 is 6.03 Å². The van der Waals surface area contributed by atoms with E-state index in [2.05, 4.69) is 20.7 Å². The number of hydrogen-bond donors (Lipinski definition) is 2. The quantitative estimate of drug-likeness (QED) is 0.755. The molecule has 0 aliphatic carbocycles. The van der Waals surface area contributed by atoms with Crippen molar-refractivity contribution in [2.45, 2.75) is 6.92 Å². The number of nitrogens with zero attached hydrogens (tertiary/aromatic N) is 3. The Labute approximate surface area is 137 Å². The number of aromatic nitrogens is 3. The standard InChI is InChI=1S/C16H15N5O3/c1-10-17-15-12(3-2-6-21(15)20-10)19-16(22)18-11-4-5-13-14(9-11)24-8-7-23-13/h2-6,9H,7-8H2,1H3,(H2,18,19,22). The van der Waals surface area contributed by atoms with Gasteiger partial charge in [-0.1, -0.05) is 0 Å². The fourth-order valence-electron chi connectivity index (χ4n) is 2.52. The zero-order chi connectivity index (χ0) is 16.5. The average molecular weight is 325 g/mol. The van der Waals surface area contributed by atoms with Gasteiger partial charge in [-0.25, -0.2) is 14.3 Å². The molecule has 0 atom stereocenters. The highest BCUT2D eigenvalue weighted by molar-refractivity contribution is 6.01. The van der Waals surface area contributed by atoms with Crippen molar-refractivity contribution in [2.24, 2.45) is 0 Å². The van der Waals surface area contributed by atoms with Crippen LogP contribution in [0.25, 0.3) is 5.65 Å². The summed E-state index contributed by atoms with van der Waals surface area (Å²) in [6.45, 7) is 2.82. The van der Waals surface area contributed by atoms with Crippen molar-refractivity contribution in [1.82, 2.24) is 14.6 Å². The molecule has 122 valence electrons. The fourth-order valence-corrected chi connectivity index (χ4v) is 2.52. The van der Waals surface area contributed by atoms with Gasteiger partial charge in [0.1, 0.15) is 19.0 Å². The number of urea groups is 1. The molecule has 1 aliphatic rings. The summed E-state index contributed by atoms with van der Waals surface area (Å²) in [6.07, 6.45) is 1.78. The highest BCUT2D eigenvalue weighted by atomic mass is 16.6. The van der Waals surface area contributed by atoms with E-state index in [9.17, 15) is 4.79 Å². The van der Waals surface area contributed by atoms with Crippen LogP contribution in [0.2, 0.25) is 0 Å². The molecule has 2 amide bonds. The topological polar surface area (TPSA) is 89.8 Å². The minimum absolute atomic E-state index is 0.375. The van der Waals surface area contributed by atoms with Crippen LogP contribution in [0.1, 0.15) is 5.82 Å². The predicted octanol–water partition coefficient (Wildman–Crippen LogP) is 2.45. The van der Waals surface area contributed by atoms with Crippen molar-refractivity contribution < 1.29 is 14.3 Å². The van der Waals surface area contributed by atoms with E-state index in [1.807, 2.05) is 0 Å². The summed E-state index contributed by atoms with van der Waals surface area (Å²) in [7, 11) is 0. The summed E-state index contributed by atoms with van der Waals surface area (Å²) in [5.74, 6) is 1.93. The van der Waals surface area contributed by atoms with Crippen LogP contribution in [0, 0.1) is 6.92 Å². The molecular formula is C16H15N5O3. The van der Waals surface area contributed by atoms with Crippen LogP contribution in [0.15, 0.2) is 36.5 Å². The number of rotatable bonds is 2. The monoisotopic (exact) mass is 325 g/mol. The Bertz CT molecular complexity index is 921. The van der Waals surface area contributed by atoms with Crippen molar-refractivity contribution in [2.75, 3.05) is 23.8 Å². The summed E-state index contributed by atoms with van der Waals surface area (Å²) in [6, 6.07) is 8.45. The maximum Gasteiger partial charge on any atom is 0.323 e. The second kappa shape index (κ2) is 5.73. The summed E-state index contributed by atoms with van der Waals surface area (Å²) >= 11 is 0. The summed E-state index contributed by atoms with van der Waals surface area (Å²) in [5.41, 5.74) is 1.78. The molecule has 0 unspecified atom stereocenters. The van der Waals surface area contributed by atoms with Gasteiger partial charge in [-0.3, -0.25) is 0 Å². The average Bonchev–Trinajstić information content (AvgIpc) is 2.96. The molecule has 0 bridgehead atoms. The van der Waals surface area contributed by atoms with Crippen LogP contribution in [0.3, 0.4) is 0 Å². The van der Waals surface area contributed by atoms with E-state index in [0.717, 1.165) is 0 Å². The molecule has 24 heavy (non-hydrogen) atoms. The lowest BCUT2D eigenvalue weighted by Gasteiger charge is -2.19. The molecule has 0 saturated heterocycles. The molecule has 2 N–H and O–H groups in total. The number of benzene rings is 1. The minimum atomic E-state index is -0.375. The van der Waals surface area contributed by atoms with Crippen LogP contribution in [0.5, 0.6) is 11.5 Å². The molecule has 1 aliphatic heterocycles. The van der Waals surface area contributed by atoms with Crippen LogP contribution < -0.4 is 20.1 Å². The lowest BCUT2D eigenvalue weighted by molar-refractivity contribution is 0.171. The predicted molar refractivity (Wildman–Crippen MR) is 87.8 cm³/mol. The van der Waals surface area contributed by atoms with Crippen molar-refractivity contribution in [1.29, 1.82) is 0 Å².